The predicted octanol–water partition coefficient (Wildman–Crippen LogP) is 0.318. The molecule has 0 aliphatic rings. The van der Waals surface area contributed by atoms with Crippen LogP contribution in [0, 0.1) is 0 Å². The molecule has 0 fully saturated rings. The second kappa shape index (κ2) is 5.29. The van der Waals surface area contributed by atoms with Gasteiger partial charge in [0.1, 0.15) is 4.90 Å². The average molecular weight is 244 g/mol. The van der Waals surface area contributed by atoms with E-state index in [0.717, 1.165) is 0 Å². The molecule has 0 aliphatic carbocycles. The zero-order chi connectivity index (χ0) is 12.2. The molecule has 1 aromatic carbocycles. The quantitative estimate of drug-likeness (QED) is 0.650. The van der Waals surface area contributed by atoms with Gasteiger partial charge in [0.05, 0.1) is 12.3 Å². The second-order valence-corrected chi connectivity index (χ2v) is 5.13. The average Bonchev–Trinajstić information content (AvgIpc) is 2.26. The number of hydrogen-bond acceptors (Lipinski definition) is 4. The highest BCUT2D eigenvalue weighted by Gasteiger charge is 2.20. The summed E-state index contributed by atoms with van der Waals surface area (Å²) in [6.45, 7) is 1.56. The van der Waals surface area contributed by atoms with Gasteiger partial charge in [-0.25, -0.2) is 13.1 Å². The molecule has 4 N–H and O–H groups in total. The van der Waals surface area contributed by atoms with Gasteiger partial charge in [0.25, 0.3) is 0 Å². The van der Waals surface area contributed by atoms with Crippen molar-refractivity contribution in [2.45, 2.75) is 24.3 Å². The van der Waals surface area contributed by atoms with Crippen molar-refractivity contribution in [3.8, 4) is 0 Å². The van der Waals surface area contributed by atoms with E-state index in [4.69, 9.17) is 10.8 Å². The van der Waals surface area contributed by atoms with Crippen molar-refractivity contribution >= 4 is 15.7 Å². The Morgan fingerprint density at radius 2 is 2.06 bits per heavy atom. The van der Waals surface area contributed by atoms with Crippen molar-refractivity contribution in [3.63, 3.8) is 0 Å². The van der Waals surface area contributed by atoms with E-state index in [9.17, 15) is 8.42 Å². The number of nitrogens with two attached hydrogens (primary N) is 1. The number of aliphatic hydroxyl groups is 1. The van der Waals surface area contributed by atoms with Crippen LogP contribution < -0.4 is 10.5 Å². The summed E-state index contributed by atoms with van der Waals surface area (Å²) in [7, 11) is -3.65. The summed E-state index contributed by atoms with van der Waals surface area (Å²) in [5.74, 6) is 0. The smallest absolute Gasteiger partial charge is 0.242 e. The molecule has 0 saturated carbocycles. The maximum absolute atomic E-state index is 11.9. The Morgan fingerprint density at radius 1 is 1.44 bits per heavy atom. The van der Waals surface area contributed by atoms with E-state index >= 15 is 0 Å². The monoisotopic (exact) mass is 244 g/mol. The number of nitrogens with one attached hydrogen (secondary N) is 1. The van der Waals surface area contributed by atoms with Crippen LogP contribution in [0.3, 0.4) is 0 Å². The molecule has 0 amide bonds. The highest BCUT2D eigenvalue weighted by molar-refractivity contribution is 7.89. The van der Waals surface area contributed by atoms with Gasteiger partial charge in [-0.15, -0.1) is 0 Å². The standard InChI is InChI=1S/C10H16N2O3S/c1-2-8(7-13)12-16(14,15)10-6-4-3-5-9(10)11/h3-6,8,12-13H,2,7,11H2,1H3/t8-/m1/s1. The molecular formula is C10H16N2O3S. The Kier molecular flexibility index (Phi) is 4.28. The molecule has 0 aromatic heterocycles. The summed E-state index contributed by atoms with van der Waals surface area (Å²) < 4.78 is 26.2. The fourth-order valence-electron chi connectivity index (χ4n) is 1.26. The Bertz CT molecular complexity index is 441. The second-order valence-electron chi connectivity index (χ2n) is 3.45. The molecular weight excluding hydrogens is 228 g/mol. The molecule has 0 saturated heterocycles. The molecule has 1 atom stereocenters. The molecule has 0 radical (unpaired) electrons. The highest BCUT2D eigenvalue weighted by atomic mass is 32.2. The topological polar surface area (TPSA) is 92.4 Å². The SMILES string of the molecule is CC[C@H](CO)NS(=O)(=O)c1ccccc1N. The van der Waals surface area contributed by atoms with Crippen molar-refractivity contribution < 1.29 is 13.5 Å². The molecule has 0 bridgehead atoms. The number of anilines is 1. The van der Waals surface area contributed by atoms with Gasteiger partial charge in [-0.1, -0.05) is 19.1 Å². The van der Waals surface area contributed by atoms with Crippen molar-refractivity contribution in [1.82, 2.24) is 4.72 Å². The van der Waals surface area contributed by atoms with Gasteiger partial charge in [-0.3, -0.25) is 0 Å². The minimum Gasteiger partial charge on any atom is -0.398 e. The van der Waals surface area contributed by atoms with Crippen molar-refractivity contribution in [2.75, 3.05) is 12.3 Å². The van der Waals surface area contributed by atoms with E-state index in [-0.39, 0.29) is 17.2 Å². The molecule has 0 aliphatic heterocycles. The minimum atomic E-state index is -3.65. The van der Waals surface area contributed by atoms with Crippen LogP contribution in [0.25, 0.3) is 0 Å². The summed E-state index contributed by atoms with van der Waals surface area (Å²) in [6, 6.07) is 5.74. The number of para-hydroxylation sites is 1. The Morgan fingerprint density at radius 3 is 2.56 bits per heavy atom. The zero-order valence-corrected chi connectivity index (χ0v) is 9.87. The molecule has 90 valence electrons. The van der Waals surface area contributed by atoms with Crippen LogP contribution in [0.5, 0.6) is 0 Å². The maximum Gasteiger partial charge on any atom is 0.242 e. The summed E-state index contributed by atoms with van der Waals surface area (Å²) in [5, 5.41) is 8.95. The van der Waals surface area contributed by atoms with E-state index < -0.39 is 16.1 Å². The summed E-state index contributed by atoms with van der Waals surface area (Å²) in [5.41, 5.74) is 5.78. The molecule has 0 unspecified atom stereocenters. The van der Waals surface area contributed by atoms with Crippen molar-refractivity contribution in [1.29, 1.82) is 0 Å². The third-order valence-electron chi connectivity index (χ3n) is 2.24. The van der Waals surface area contributed by atoms with Crippen molar-refractivity contribution in [2.24, 2.45) is 0 Å². The number of rotatable bonds is 5. The zero-order valence-electron chi connectivity index (χ0n) is 9.05. The molecule has 1 rings (SSSR count). The predicted molar refractivity (Wildman–Crippen MR) is 62.3 cm³/mol. The highest BCUT2D eigenvalue weighted by Crippen LogP contribution is 2.17. The first-order chi connectivity index (χ1) is 7.51. The first-order valence-electron chi connectivity index (χ1n) is 4.99. The summed E-state index contributed by atoms with van der Waals surface area (Å²) >= 11 is 0. The van der Waals surface area contributed by atoms with E-state index in [0.29, 0.717) is 6.42 Å². The lowest BCUT2D eigenvalue weighted by atomic mass is 10.3. The first-order valence-corrected chi connectivity index (χ1v) is 6.47. The molecule has 0 heterocycles. The number of sulfonamides is 1. The number of hydrogen-bond donors (Lipinski definition) is 3. The van der Waals surface area contributed by atoms with Crippen LogP contribution in [0.1, 0.15) is 13.3 Å². The van der Waals surface area contributed by atoms with Gasteiger partial charge < -0.3 is 10.8 Å². The van der Waals surface area contributed by atoms with E-state index in [1.54, 1.807) is 19.1 Å². The molecule has 0 spiro atoms. The number of benzene rings is 1. The molecule has 5 nitrogen and oxygen atoms in total. The summed E-state index contributed by atoms with van der Waals surface area (Å²) in [6.07, 6.45) is 0.516. The van der Waals surface area contributed by atoms with Gasteiger partial charge >= 0.3 is 0 Å². The largest absolute Gasteiger partial charge is 0.398 e. The summed E-state index contributed by atoms with van der Waals surface area (Å²) in [4.78, 5) is 0.0434. The van der Waals surface area contributed by atoms with Gasteiger partial charge in [0, 0.05) is 6.04 Å². The molecule has 16 heavy (non-hydrogen) atoms. The maximum atomic E-state index is 11.9. The van der Waals surface area contributed by atoms with Gasteiger partial charge in [-0.2, -0.15) is 0 Å². The molecule has 6 heteroatoms. The first kappa shape index (κ1) is 13.0. The van der Waals surface area contributed by atoms with Gasteiger partial charge in [-0.05, 0) is 18.6 Å². The number of nitrogen functional groups attached to an aromatic ring is 1. The third kappa shape index (κ3) is 2.94. The van der Waals surface area contributed by atoms with Crippen LogP contribution in [-0.4, -0.2) is 26.2 Å². The minimum absolute atomic E-state index is 0.0434. The van der Waals surface area contributed by atoms with Gasteiger partial charge in [0.15, 0.2) is 0 Å². The van der Waals surface area contributed by atoms with E-state index in [1.165, 1.54) is 12.1 Å². The normalized spacial score (nSPS) is 13.6. The fourth-order valence-corrected chi connectivity index (χ4v) is 2.70. The van der Waals surface area contributed by atoms with Crippen LogP contribution in [0.4, 0.5) is 5.69 Å². The Hall–Kier alpha value is -1.11. The van der Waals surface area contributed by atoms with Crippen LogP contribution in [0.15, 0.2) is 29.2 Å². The van der Waals surface area contributed by atoms with Crippen LogP contribution >= 0.6 is 0 Å². The van der Waals surface area contributed by atoms with Gasteiger partial charge in [0.2, 0.25) is 10.0 Å². The molecule has 1 aromatic rings. The van der Waals surface area contributed by atoms with Crippen LogP contribution in [0.2, 0.25) is 0 Å². The van der Waals surface area contributed by atoms with E-state index in [1.807, 2.05) is 0 Å². The lowest BCUT2D eigenvalue weighted by molar-refractivity contribution is 0.254. The number of aliphatic hydroxyl groups excluding tert-OH is 1. The third-order valence-corrected chi connectivity index (χ3v) is 3.84. The van der Waals surface area contributed by atoms with E-state index in [2.05, 4.69) is 4.72 Å². The van der Waals surface area contributed by atoms with Crippen molar-refractivity contribution in [3.05, 3.63) is 24.3 Å². The van der Waals surface area contributed by atoms with Crippen LogP contribution in [-0.2, 0) is 10.0 Å². The Labute approximate surface area is 95.3 Å². The lowest BCUT2D eigenvalue weighted by Gasteiger charge is -2.15. The Balaban J connectivity index is 2.99. The fraction of sp³-hybridized carbons (Fsp3) is 0.400. The lowest BCUT2D eigenvalue weighted by Crippen LogP contribution is -2.37.